The van der Waals surface area contributed by atoms with E-state index in [-0.39, 0.29) is 10.7 Å². The van der Waals surface area contributed by atoms with E-state index >= 15 is 0 Å². The van der Waals surface area contributed by atoms with Crippen molar-refractivity contribution in [2.45, 2.75) is 25.5 Å². The van der Waals surface area contributed by atoms with Gasteiger partial charge in [-0.1, -0.05) is 63.2 Å². The van der Waals surface area contributed by atoms with Crippen molar-refractivity contribution in [2.75, 3.05) is 19.4 Å². The first-order valence-electron chi connectivity index (χ1n) is 8.72. The molecule has 1 N–H and O–H groups in total. The SMILES string of the molecule is COc1ccc(/C=C(/C(=O)NCCSC(C)(C)C)c2ccccc2)cc1. The van der Waals surface area contributed by atoms with E-state index in [1.807, 2.05) is 72.4 Å². The molecule has 2 rings (SSSR count). The van der Waals surface area contributed by atoms with Gasteiger partial charge in [-0.05, 0) is 29.3 Å². The van der Waals surface area contributed by atoms with Crippen molar-refractivity contribution in [1.82, 2.24) is 5.32 Å². The molecule has 0 unspecified atom stereocenters. The number of benzene rings is 2. The number of carbonyl (C=O) groups is 1. The number of thioether (sulfide) groups is 1. The zero-order chi connectivity index (χ0) is 19.0. The Kier molecular flexibility index (Phi) is 7.34. The summed E-state index contributed by atoms with van der Waals surface area (Å²) >= 11 is 1.84. The maximum absolute atomic E-state index is 12.8. The van der Waals surface area contributed by atoms with Crippen molar-refractivity contribution >= 4 is 29.3 Å². The largest absolute Gasteiger partial charge is 0.497 e. The lowest BCUT2D eigenvalue weighted by Crippen LogP contribution is -2.27. The van der Waals surface area contributed by atoms with Crippen molar-refractivity contribution in [2.24, 2.45) is 0 Å². The highest BCUT2D eigenvalue weighted by Gasteiger charge is 2.13. The van der Waals surface area contributed by atoms with Crippen LogP contribution in [0.4, 0.5) is 0 Å². The second-order valence-electron chi connectivity index (χ2n) is 6.91. The number of nitrogens with one attached hydrogen (secondary N) is 1. The van der Waals surface area contributed by atoms with E-state index in [1.54, 1.807) is 7.11 Å². The smallest absolute Gasteiger partial charge is 0.251 e. The lowest BCUT2D eigenvalue weighted by atomic mass is 10.0. The van der Waals surface area contributed by atoms with Crippen LogP contribution >= 0.6 is 11.8 Å². The summed E-state index contributed by atoms with van der Waals surface area (Å²) in [6, 6.07) is 17.4. The molecule has 0 aliphatic rings. The Morgan fingerprint density at radius 2 is 1.73 bits per heavy atom. The van der Waals surface area contributed by atoms with Crippen molar-refractivity contribution in [3.63, 3.8) is 0 Å². The van der Waals surface area contributed by atoms with Gasteiger partial charge in [-0.2, -0.15) is 11.8 Å². The average Bonchev–Trinajstić information content (AvgIpc) is 2.63. The first kappa shape index (κ1) is 20.1. The molecule has 1 amide bonds. The molecule has 0 saturated heterocycles. The van der Waals surface area contributed by atoms with Crippen LogP contribution in [0.1, 0.15) is 31.9 Å². The van der Waals surface area contributed by atoms with Crippen molar-refractivity contribution < 1.29 is 9.53 Å². The quantitative estimate of drug-likeness (QED) is 0.429. The van der Waals surface area contributed by atoms with Crippen LogP contribution in [0.5, 0.6) is 5.75 Å². The van der Waals surface area contributed by atoms with Crippen LogP contribution in [-0.2, 0) is 4.79 Å². The first-order valence-corrected chi connectivity index (χ1v) is 9.71. The van der Waals surface area contributed by atoms with E-state index in [2.05, 4.69) is 26.1 Å². The molecule has 0 aliphatic heterocycles. The van der Waals surface area contributed by atoms with Gasteiger partial charge in [0.1, 0.15) is 5.75 Å². The minimum absolute atomic E-state index is 0.0541. The topological polar surface area (TPSA) is 38.3 Å². The third-order valence-corrected chi connectivity index (χ3v) is 4.95. The van der Waals surface area contributed by atoms with E-state index in [1.165, 1.54) is 0 Å². The minimum Gasteiger partial charge on any atom is -0.497 e. The molecule has 0 fully saturated rings. The summed E-state index contributed by atoms with van der Waals surface area (Å²) in [6.45, 7) is 7.18. The highest BCUT2D eigenvalue weighted by molar-refractivity contribution is 8.00. The summed E-state index contributed by atoms with van der Waals surface area (Å²) in [5.74, 6) is 1.63. The number of amides is 1. The normalized spacial score (nSPS) is 11.9. The highest BCUT2D eigenvalue weighted by atomic mass is 32.2. The van der Waals surface area contributed by atoms with Gasteiger partial charge in [0.05, 0.1) is 7.11 Å². The van der Waals surface area contributed by atoms with Crippen molar-refractivity contribution in [3.8, 4) is 5.75 Å². The van der Waals surface area contributed by atoms with Gasteiger partial charge >= 0.3 is 0 Å². The molecule has 0 atom stereocenters. The molecule has 0 aromatic heterocycles. The van der Waals surface area contributed by atoms with Crippen LogP contribution in [0.25, 0.3) is 11.6 Å². The molecule has 26 heavy (non-hydrogen) atoms. The fourth-order valence-corrected chi connectivity index (χ4v) is 3.20. The maximum Gasteiger partial charge on any atom is 0.251 e. The fourth-order valence-electron chi connectivity index (χ4n) is 2.38. The van der Waals surface area contributed by atoms with Gasteiger partial charge in [-0.15, -0.1) is 0 Å². The zero-order valence-electron chi connectivity index (χ0n) is 15.9. The fraction of sp³-hybridized carbons (Fsp3) is 0.318. The van der Waals surface area contributed by atoms with E-state index in [4.69, 9.17) is 4.74 Å². The number of hydrogen-bond donors (Lipinski definition) is 1. The number of hydrogen-bond acceptors (Lipinski definition) is 3. The Morgan fingerprint density at radius 3 is 2.31 bits per heavy atom. The monoisotopic (exact) mass is 369 g/mol. The number of carbonyl (C=O) groups excluding carboxylic acids is 1. The third-order valence-electron chi connectivity index (χ3n) is 3.68. The second kappa shape index (κ2) is 9.48. The van der Waals surface area contributed by atoms with Gasteiger partial charge in [0.15, 0.2) is 0 Å². The van der Waals surface area contributed by atoms with Crippen molar-refractivity contribution in [1.29, 1.82) is 0 Å². The van der Waals surface area contributed by atoms with E-state index in [0.29, 0.717) is 12.1 Å². The summed E-state index contributed by atoms with van der Waals surface area (Å²) in [6.07, 6.45) is 1.92. The van der Waals surface area contributed by atoms with Gasteiger partial charge in [-0.3, -0.25) is 4.79 Å². The lowest BCUT2D eigenvalue weighted by Gasteiger charge is -2.17. The molecule has 0 radical (unpaired) electrons. The molecule has 0 aliphatic carbocycles. The molecule has 138 valence electrons. The van der Waals surface area contributed by atoms with Crippen LogP contribution in [0.2, 0.25) is 0 Å². The first-order chi connectivity index (χ1) is 12.4. The summed E-state index contributed by atoms with van der Waals surface area (Å²) in [5.41, 5.74) is 2.53. The molecular formula is C22H27NO2S. The van der Waals surface area contributed by atoms with Gasteiger partial charge < -0.3 is 10.1 Å². The second-order valence-corrected chi connectivity index (χ2v) is 8.84. The lowest BCUT2D eigenvalue weighted by molar-refractivity contribution is -0.115. The Balaban J connectivity index is 2.15. The van der Waals surface area contributed by atoms with Crippen LogP contribution < -0.4 is 10.1 Å². The maximum atomic E-state index is 12.8. The van der Waals surface area contributed by atoms with Crippen molar-refractivity contribution in [3.05, 3.63) is 65.7 Å². The number of methoxy groups -OCH3 is 1. The van der Waals surface area contributed by atoms with Gasteiger partial charge in [0, 0.05) is 22.6 Å². The van der Waals surface area contributed by atoms with Crippen LogP contribution in [0, 0.1) is 0 Å². The third kappa shape index (κ3) is 6.60. The van der Waals surface area contributed by atoms with Crippen LogP contribution in [0.3, 0.4) is 0 Å². The predicted octanol–water partition coefficient (Wildman–Crippen LogP) is 4.88. The molecule has 4 heteroatoms. The van der Waals surface area contributed by atoms with E-state index < -0.39 is 0 Å². The molecule has 3 nitrogen and oxygen atoms in total. The summed E-state index contributed by atoms with van der Waals surface area (Å²) in [7, 11) is 1.64. The van der Waals surface area contributed by atoms with Gasteiger partial charge in [0.25, 0.3) is 5.91 Å². The summed E-state index contributed by atoms with van der Waals surface area (Å²) in [5, 5.41) is 3.04. The van der Waals surface area contributed by atoms with Crippen LogP contribution in [-0.4, -0.2) is 30.1 Å². The van der Waals surface area contributed by atoms with E-state index in [9.17, 15) is 4.79 Å². The predicted molar refractivity (Wildman–Crippen MR) is 113 cm³/mol. The molecule has 0 heterocycles. The Morgan fingerprint density at radius 1 is 1.08 bits per heavy atom. The molecule has 0 bridgehead atoms. The molecule has 0 spiro atoms. The number of rotatable bonds is 7. The van der Waals surface area contributed by atoms with E-state index in [0.717, 1.165) is 22.6 Å². The molecule has 0 saturated carbocycles. The standard InChI is InChI=1S/C22H27NO2S/c1-22(2,3)26-15-14-23-21(24)20(18-8-6-5-7-9-18)16-17-10-12-19(25-4)13-11-17/h5-13,16H,14-15H2,1-4H3,(H,23,24)/b20-16+. The highest BCUT2D eigenvalue weighted by Crippen LogP contribution is 2.23. The summed E-state index contributed by atoms with van der Waals surface area (Å²) < 4.78 is 5.40. The number of ether oxygens (including phenoxy) is 1. The van der Waals surface area contributed by atoms with Gasteiger partial charge in [-0.25, -0.2) is 0 Å². The molecular weight excluding hydrogens is 342 g/mol. The average molecular weight is 370 g/mol. The summed E-state index contributed by atoms with van der Waals surface area (Å²) in [4.78, 5) is 12.8. The van der Waals surface area contributed by atoms with Crippen LogP contribution in [0.15, 0.2) is 54.6 Å². The van der Waals surface area contributed by atoms with Gasteiger partial charge in [0.2, 0.25) is 0 Å². The zero-order valence-corrected chi connectivity index (χ0v) is 16.7. The minimum atomic E-state index is -0.0541. The Bertz CT molecular complexity index is 731. The molecule has 2 aromatic rings. The molecule has 2 aromatic carbocycles. The Hall–Kier alpha value is -2.20. The Labute approximate surface area is 160 Å².